The van der Waals surface area contributed by atoms with E-state index in [4.69, 9.17) is 4.74 Å². The lowest BCUT2D eigenvalue weighted by molar-refractivity contribution is 0.289. The number of ether oxygens (including phenoxy) is 1. The van der Waals surface area contributed by atoms with Crippen LogP contribution < -0.4 is 4.74 Å². The van der Waals surface area contributed by atoms with E-state index in [1.165, 1.54) is 115 Å². The molecule has 1 heterocycles. The first kappa shape index (κ1) is 29.7. The number of nitrogens with zero attached hydrogens (tertiary/aromatic N) is 1. The number of rotatable bonds is 18. The summed E-state index contributed by atoms with van der Waals surface area (Å²) in [4.78, 5) is 4.09. The van der Waals surface area contributed by atoms with Crippen molar-refractivity contribution in [1.29, 1.82) is 0 Å². The van der Waals surface area contributed by atoms with Gasteiger partial charge < -0.3 is 4.74 Å². The Morgan fingerprint density at radius 2 is 1.30 bits per heavy atom. The van der Waals surface area contributed by atoms with Crippen molar-refractivity contribution in [3.05, 3.63) is 47.9 Å². The van der Waals surface area contributed by atoms with Crippen LogP contribution in [0.1, 0.15) is 141 Å². The second-order valence-electron chi connectivity index (χ2n) is 11.4. The molecular formula is C34H52FNO. The molecule has 0 atom stereocenters. The van der Waals surface area contributed by atoms with Gasteiger partial charge in [-0.05, 0) is 61.1 Å². The summed E-state index contributed by atoms with van der Waals surface area (Å²) in [5.74, 6) is 1.53. The van der Waals surface area contributed by atoms with E-state index in [1.54, 1.807) is 0 Å². The Morgan fingerprint density at radius 1 is 0.703 bits per heavy atom. The predicted molar refractivity (Wildman–Crippen MR) is 156 cm³/mol. The van der Waals surface area contributed by atoms with Crippen LogP contribution in [0.15, 0.2) is 36.4 Å². The van der Waals surface area contributed by atoms with E-state index < -0.39 is 5.95 Å². The largest absolute Gasteiger partial charge is 0.478 e. The molecule has 0 radical (unpaired) electrons. The van der Waals surface area contributed by atoms with E-state index in [0.29, 0.717) is 24.0 Å². The van der Waals surface area contributed by atoms with Crippen LogP contribution in [0.2, 0.25) is 0 Å². The van der Waals surface area contributed by atoms with Crippen LogP contribution in [0, 0.1) is 11.9 Å². The zero-order chi connectivity index (χ0) is 26.1. The van der Waals surface area contributed by atoms with Gasteiger partial charge in [0.25, 0.3) is 0 Å². The maximum Gasteiger partial charge on any atom is 0.224 e. The van der Waals surface area contributed by atoms with E-state index in [-0.39, 0.29) is 0 Å². The lowest BCUT2D eigenvalue weighted by atomic mass is 9.77. The van der Waals surface area contributed by atoms with Gasteiger partial charge in [0.2, 0.25) is 11.8 Å². The molecule has 1 fully saturated rings. The molecule has 3 rings (SSSR count). The minimum Gasteiger partial charge on any atom is -0.478 e. The van der Waals surface area contributed by atoms with Crippen LogP contribution in [0.4, 0.5) is 4.39 Å². The molecule has 0 saturated heterocycles. The molecule has 1 aliphatic carbocycles. The monoisotopic (exact) mass is 509 g/mol. The zero-order valence-electron chi connectivity index (χ0n) is 23.8. The summed E-state index contributed by atoms with van der Waals surface area (Å²) in [5, 5.41) is 0. The fourth-order valence-electron chi connectivity index (χ4n) is 5.88. The average molecular weight is 510 g/mol. The second kappa shape index (κ2) is 17.6. The Bertz CT molecular complexity index is 857. The summed E-state index contributed by atoms with van der Waals surface area (Å²) in [6.45, 7) is 5.15. The maximum absolute atomic E-state index is 14.8. The Hall–Kier alpha value is -1.90. The number of unbranched alkanes of at least 4 members (excludes halogenated alkanes) is 11. The van der Waals surface area contributed by atoms with Crippen molar-refractivity contribution in [2.24, 2.45) is 5.92 Å². The van der Waals surface area contributed by atoms with Crippen molar-refractivity contribution in [3.8, 4) is 17.0 Å². The Balaban J connectivity index is 1.35. The Kier molecular flexibility index (Phi) is 14.1. The van der Waals surface area contributed by atoms with Crippen LogP contribution >= 0.6 is 0 Å². The molecule has 0 spiro atoms. The highest BCUT2D eigenvalue weighted by molar-refractivity contribution is 5.63. The van der Waals surface area contributed by atoms with Crippen LogP contribution in [0.3, 0.4) is 0 Å². The molecule has 0 bridgehead atoms. The second-order valence-corrected chi connectivity index (χ2v) is 11.4. The summed E-state index contributed by atoms with van der Waals surface area (Å²) < 4.78 is 20.5. The van der Waals surface area contributed by atoms with E-state index in [1.807, 2.05) is 12.1 Å². The maximum atomic E-state index is 14.8. The van der Waals surface area contributed by atoms with E-state index >= 15 is 0 Å². The van der Waals surface area contributed by atoms with Crippen molar-refractivity contribution in [3.63, 3.8) is 0 Å². The average Bonchev–Trinajstić information content (AvgIpc) is 2.92. The van der Waals surface area contributed by atoms with Crippen molar-refractivity contribution in [1.82, 2.24) is 4.98 Å². The predicted octanol–water partition coefficient (Wildman–Crippen LogP) is 11.0. The van der Waals surface area contributed by atoms with Crippen molar-refractivity contribution in [2.45, 2.75) is 135 Å². The van der Waals surface area contributed by atoms with Gasteiger partial charge in [0, 0.05) is 11.6 Å². The molecule has 2 aromatic rings. The number of hydrogen-bond acceptors (Lipinski definition) is 2. The van der Waals surface area contributed by atoms with Gasteiger partial charge in [0.1, 0.15) is 0 Å². The number of hydrogen-bond donors (Lipinski definition) is 0. The van der Waals surface area contributed by atoms with Gasteiger partial charge in [-0.1, -0.05) is 122 Å². The van der Waals surface area contributed by atoms with Gasteiger partial charge in [-0.3, -0.25) is 0 Å². The van der Waals surface area contributed by atoms with E-state index in [0.717, 1.165) is 17.9 Å². The molecule has 1 saturated carbocycles. The highest BCUT2D eigenvalue weighted by atomic mass is 19.1. The number of benzene rings is 1. The Labute approximate surface area is 226 Å². The highest BCUT2D eigenvalue weighted by Gasteiger charge is 2.22. The quantitative estimate of drug-likeness (QED) is 0.147. The van der Waals surface area contributed by atoms with Crippen molar-refractivity contribution < 1.29 is 9.13 Å². The zero-order valence-corrected chi connectivity index (χ0v) is 23.8. The van der Waals surface area contributed by atoms with Gasteiger partial charge in [-0.25, -0.2) is 0 Å². The lowest BCUT2D eigenvalue weighted by Gasteiger charge is -2.29. The third-order valence-corrected chi connectivity index (χ3v) is 8.33. The van der Waals surface area contributed by atoms with Gasteiger partial charge >= 0.3 is 0 Å². The van der Waals surface area contributed by atoms with Crippen molar-refractivity contribution >= 4 is 0 Å². The molecule has 1 aliphatic rings. The normalized spacial score (nSPS) is 17.7. The van der Waals surface area contributed by atoms with Crippen LogP contribution in [-0.2, 0) is 0 Å². The fraction of sp³-hybridized carbons (Fsp3) is 0.676. The topological polar surface area (TPSA) is 22.1 Å². The third-order valence-electron chi connectivity index (χ3n) is 8.33. The molecule has 0 amide bonds. The molecular weight excluding hydrogens is 457 g/mol. The molecule has 2 nitrogen and oxygen atoms in total. The van der Waals surface area contributed by atoms with Gasteiger partial charge in [0.15, 0.2) is 0 Å². The summed E-state index contributed by atoms with van der Waals surface area (Å²) in [6, 6.07) is 12.1. The van der Waals surface area contributed by atoms with Crippen molar-refractivity contribution in [2.75, 3.05) is 6.61 Å². The smallest absolute Gasteiger partial charge is 0.224 e. The van der Waals surface area contributed by atoms with Gasteiger partial charge in [-0.15, -0.1) is 0 Å². The first-order chi connectivity index (χ1) is 18.2. The molecule has 206 valence electrons. The molecule has 1 aromatic carbocycles. The fourth-order valence-corrected chi connectivity index (χ4v) is 5.88. The molecule has 0 N–H and O–H groups in total. The van der Waals surface area contributed by atoms with Crippen LogP contribution in [0.5, 0.6) is 5.88 Å². The minimum absolute atomic E-state index is 0.393. The van der Waals surface area contributed by atoms with Gasteiger partial charge in [0.05, 0.1) is 6.61 Å². The first-order valence-electron chi connectivity index (χ1n) is 15.6. The van der Waals surface area contributed by atoms with Crippen LogP contribution in [-0.4, -0.2) is 11.6 Å². The molecule has 37 heavy (non-hydrogen) atoms. The SMILES string of the molecule is CCCCCCCCCCCCOc1ccc(-c2ccc([C@H]3CC[C@H](CCCCC)CC3)cc2)c(F)n1. The molecule has 0 aliphatic heterocycles. The van der Waals surface area contributed by atoms with Gasteiger partial charge in [-0.2, -0.15) is 9.37 Å². The van der Waals surface area contributed by atoms with E-state index in [9.17, 15) is 4.39 Å². The molecule has 0 unspecified atom stereocenters. The summed E-state index contributed by atoms with van der Waals surface area (Å²) in [6.07, 6.45) is 23.7. The number of halogens is 1. The third kappa shape index (κ3) is 10.8. The van der Waals surface area contributed by atoms with E-state index in [2.05, 4.69) is 43.1 Å². The standard InChI is InChI=1S/C34H52FNO/c1-3-5-7-8-9-10-11-12-13-15-27-37-33-26-25-32(34(35)36-33)31-23-21-30(22-24-31)29-19-17-28(18-20-29)16-14-6-4-2/h21-26,28-29H,3-20,27H2,1-2H3/t28-,29-. The first-order valence-corrected chi connectivity index (χ1v) is 15.6. The minimum atomic E-state index is -0.444. The van der Waals surface area contributed by atoms with Crippen LogP contribution in [0.25, 0.3) is 11.1 Å². The molecule has 3 heteroatoms. The summed E-state index contributed by atoms with van der Waals surface area (Å²) in [5.41, 5.74) is 2.85. The lowest BCUT2D eigenvalue weighted by Crippen LogP contribution is -2.13. The number of pyridine rings is 1. The summed E-state index contributed by atoms with van der Waals surface area (Å²) in [7, 11) is 0. The molecule has 1 aromatic heterocycles. The Morgan fingerprint density at radius 3 is 1.92 bits per heavy atom. The summed E-state index contributed by atoms with van der Waals surface area (Å²) >= 11 is 0. The highest BCUT2D eigenvalue weighted by Crippen LogP contribution is 2.38. The number of aromatic nitrogens is 1.